The van der Waals surface area contributed by atoms with E-state index in [-0.39, 0.29) is 5.96 Å². The lowest BCUT2D eigenvalue weighted by Gasteiger charge is -2.12. The van der Waals surface area contributed by atoms with Gasteiger partial charge in [0, 0.05) is 30.1 Å². The number of hydrogen-bond acceptors (Lipinski definition) is 6. The van der Waals surface area contributed by atoms with Crippen LogP contribution in [0.3, 0.4) is 0 Å². The molecule has 6 N–H and O–H groups in total. The highest BCUT2D eigenvalue weighted by Crippen LogP contribution is 2.30. The minimum Gasteiger partial charge on any atom is -0.496 e. The van der Waals surface area contributed by atoms with Crippen molar-refractivity contribution in [2.45, 2.75) is 6.54 Å². The van der Waals surface area contributed by atoms with Crippen molar-refractivity contribution in [3.63, 3.8) is 0 Å². The number of nitrogens with zero attached hydrogens (tertiary/aromatic N) is 4. The molecular formula is C15H18N8OS. The summed E-state index contributed by atoms with van der Waals surface area (Å²) in [5.74, 6) is 1.05. The number of aliphatic imine (C=N–C) groups is 2. The molecule has 0 unspecified atom stereocenters. The first kappa shape index (κ1) is 18.0. The first-order valence-electron chi connectivity index (χ1n) is 7.18. The lowest BCUT2D eigenvalue weighted by molar-refractivity contribution is 0.409. The van der Waals surface area contributed by atoms with Crippen molar-refractivity contribution in [1.82, 2.24) is 15.6 Å². The zero-order valence-corrected chi connectivity index (χ0v) is 14.6. The molecule has 130 valence electrons. The van der Waals surface area contributed by atoms with Crippen LogP contribution in [-0.4, -0.2) is 31.1 Å². The highest BCUT2D eigenvalue weighted by molar-refractivity contribution is 7.13. The molecule has 0 bridgehead atoms. The summed E-state index contributed by atoms with van der Waals surface area (Å²) < 4.78 is 5.38. The van der Waals surface area contributed by atoms with Gasteiger partial charge in [-0.3, -0.25) is 0 Å². The van der Waals surface area contributed by atoms with Gasteiger partial charge in [0.2, 0.25) is 17.3 Å². The summed E-state index contributed by atoms with van der Waals surface area (Å²) >= 11 is 1.35. The van der Waals surface area contributed by atoms with Crippen LogP contribution in [0.4, 0.5) is 5.13 Å². The third kappa shape index (κ3) is 4.82. The fourth-order valence-electron chi connectivity index (χ4n) is 2.05. The van der Waals surface area contributed by atoms with Crippen molar-refractivity contribution in [3.8, 4) is 23.2 Å². The maximum absolute atomic E-state index is 8.65. The molecule has 0 aliphatic carbocycles. The number of hydrogen-bond donors (Lipinski definition) is 4. The van der Waals surface area contributed by atoms with Crippen LogP contribution in [0, 0.1) is 11.5 Å². The number of thiazole rings is 1. The van der Waals surface area contributed by atoms with Crippen LogP contribution >= 0.6 is 11.3 Å². The zero-order chi connectivity index (χ0) is 18.2. The Hall–Kier alpha value is -3.32. The van der Waals surface area contributed by atoms with Gasteiger partial charge in [-0.25, -0.2) is 4.98 Å². The smallest absolute Gasteiger partial charge is 0.212 e. The van der Waals surface area contributed by atoms with Crippen LogP contribution in [0.25, 0.3) is 11.3 Å². The number of ether oxygens (including phenoxy) is 1. The summed E-state index contributed by atoms with van der Waals surface area (Å²) in [4.78, 5) is 12.0. The summed E-state index contributed by atoms with van der Waals surface area (Å²) in [6.07, 6.45) is 1.73. The SMILES string of the molecule is CN/C(=N/C#N)NCc1cc(-c2csc(N=C(N)N)n2)ccc1OC. The molecule has 2 rings (SSSR count). The number of nitriles is 1. The van der Waals surface area contributed by atoms with Crippen molar-refractivity contribution in [2.24, 2.45) is 21.5 Å². The van der Waals surface area contributed by atoms with Crippen LogP contribution in [0.15, 0.2) is 33.6 Å². The van der Waals surface area contributed by atoms with E-state index in [2.05, 4.69) is 25.6 Å². The fourth-order valence-corrected chi connectivity index (χ4v) is 2.76. The number of aromatic nitrogens is 1. The summed E-state index contributed by atoms with van der Waals surface area (Å²) in [6.45, 7) is 0.420. The normalized spacial score (nSPS) is 10.7. The van der Waals surface area contributed by atoms with Crippen molar-refractivity contribution < 1.29 is 4.74 Å². The molecule has 1 aromatic carbocycles. The monoisotopic (exact) mass is 358 g/mol. The predicted molar refractivity (Wildman–Crippen MR) is 98.5 cm³/mol. The molecule has 0 saturated carbocycles. The zero-order valence-electron chi connectivity index (χ0n) is 13.8. The maximum atomic E-state index is 8.65. The van der Waals surface area contributed by atoms with E-state index in [4.69, 9.17) is 21.5 Å². The molecule has 0 radical (unpaired) electrons. The van der Waals surface area contributed by atoms with Crippen LogP contribution in [-0.2, 0) is 6.54 Å². The minimum atomic E-state index is -0.0307. The van der Waals surface area contributed by atoms with E-state index in [1.165, 1.54) is 11.3 Å². The van der Waals surface area contributed by atoms with E-state index in [9.17, 15) is 0 Å². The van der Waals surface area contributed by atoms with Crippen LogP contribution in [0.2, 0.25) is 0 Å². The van der Waals surface area contributed by atoms with E-state index in [0.29, 0.717) is 23.4 Å². The van der Waals surface area contributed by atoms with Gasteiger partial charge in [0.25, 0.3) is 0 Å². The first-order valence-corrected chi connectivity index (χ1v) is 8.06. The summed E-state index contributed by atoms with van der Waals surface area (Å²) in [5.41, 5.74) is 13.3. The molecule has 0 atom stereocenters. The molecule has 9 nitrogen and oxygen atoms in total. The Labute approximate surface area is 149 Å². The van der Waals surface area contributed by atoms with Gasteiger partial charge in [0.15, 0.2) is 5.96 Å². The molecule has 1 aromatic heterocycles. The Morgan fingerprint density at radius 2 is 2.24 bits per heavy atom. The third-order valence-corrected chi connectivity index (χ3v) is 3.87. The lowest BCUT2D eigenvalue weighted by atomic mass is 10.1. The number of nitrogens with one attached hydrogen (secondary N) is 2. The number of benzene rings is 1. The Kier molecular flexibility index (Phi) is 6.14. The molecule has 10 heteroatoms. The van der Waals surface area contributed by atoms with E-state index in [1.807, 2.05) is 23.6 Å². The average molecular weight is 358 g/mol. The highest BCUT2D eigenvalue weighted by Gasteiger charge is 2.10. The van der Waals surface area contributed by atoms with Crippen molar-refractivity contribution in [1.29, 1.82) is 5.26 Å². The molecule has 1 heterocycles. The summed E-state index contributed by atoms with van der Waals surface area (Å²) in [7, 11) is 3.28. The fraction of sp³-hybridized carbons (Fsp3) is 0.200. The molecule has 25 heavy (non-hydrogen) atoms. The lowest BCUT2D eigenvalue weighted by Crippen LogP contribution is -2.34. The van der Waals surface area contributed by atoms with Crippen LogP contribution in [0.5, 0.6) is 5.75 Å². The van der Waals surface area contributed by atoms with E-state index < -0.39 is 0 Å². The Balaban J connectivity index is 2.27. The van der Waals surface area contributed by atoms with Gasteiger partial charge >= 0.3 is 0 Å². The van der Waals surface area contributed by atoms with Gasteiger partial charge in [0.1, 0.15) is 5.75 Å². The second-order valence-corrected chi connectivity index (χ2v) is 5.58. The molecule has 0 saturated heterocycles. The Bertz CT molecular complexity index is 832. The average Bonchev–Trinajstić information content (AvgIpc) is 3.06. The minimum absolute atomic E-state index is 0.0307. The second-order valence-electron chi connectivity index (χ2n) is 4.74. The molecule has 0 fully saturated rings. The summed E-state index contributed by atoms with van der Waals surface area (Å²) in [5, 5.41) is 16.8. The van der Waals surface area contributed by atoms with E-state index in [0.717, 1.165) is 16.8 Å². The number of rotatable bonds is 5. The standard InChI is InChI=1S/C15H18N8OS/c1-19-14(21-8-16)20-6-10-5-9(3-4-12(10)24-2)11-7-25-15(22-11)23-13(17)18/h3-5,7H,6H2,1-2H3,(H2,19,20,21)(H4,17,18,22,23). The van der Waals surface area contributed by atoms with Gasteiger partial charge < -0.3 is 26.8 Å². The number of nitrogens with two attached hydrogens (primary N) is 2. The largest absolute Gasteiger partial charge is 0.496 e. The predicted octanol–water partition coefficient (Wildman–Crippen LogP) is 0.870. The third-order valence-electron chi connectivity index (χ3n) is 3.14. The van der Waals surface area contributed by atoms with Crippen LogP contribution < -0.4 is 26.8 Å². The van der Waals surface area contributed by atoms with E-state index >= 15 is 0 Å². The number of guanidine groups is 2. The second kappa shape index (κ2) is 8.51. The molecular weight excluding hydrogens is 340 g/mol. The van der Waals surface area contributed by atoms with Crippen LogP contribution in [0.1, 0.15) is 5.56 Å². The first-order chi connectivity index (χ1) is 12.1. The Morgan fingerprint density at radius 1 is 1.44 bits per heavy atom. The number of methoxy groups -OCH3 is 1. The van der Waals surface area contributed by atoms with Gasteiger partial charge in [-0.15, -0.1) is 16.3 Å². The highest BCUT2D eigenvalue weighted by atomic mass is 32.1. The molecule has 2 aromatic rings. The molecule has 0 aliphatic rings. The molecule has 0 aliphatic heterocycles. The van der Waals surface area contributed by atoms with Crippen molar-refractivity contribution in [3.05, 3.63) is 29.1 Å². The topological polar surface area (TPSA) is 147 Å². The molecule has 0 spiro atoms. The van der Waals surface area contributed by atoms with Gasteiger partial charge in [-0.2, -0.15) is 10.3 Å². The molecule has 0 amide bonds. The van der Waals surface area contributed by atoms with E-state index in [1.54, 1.807) is 20.4 Å². The van der Waals surface area contributed by atoms with Gasteiger partial charge in [-0.05, 0) is 18.2 Å². The van der Waals surface area contributed by atoms with Gasteiger partial charge in [0.05, 0.1) is 12.8 Å². The quantitative estimate of drug-likeness (QED) is 0.352. The maximum Gasteiger partial charge on any atom is 0.212 e. The van der Waals surface area contributed by atoms with Crippen molar-refractivity contribution >= 4 is 28.4 Å². The summed E-state index contributed by atoms with van der Waals surface area (Å²) in [6, 6.07) is 5.70. The van der Waals surface area contributed by atoms with Crippen molar-refractivity contribution in [2.75, 3.05) is 14.2 Å². The Morgan fingerprint density at radius 3 is 2.88 bits per heavy atom. The van der Waals surface area contributed by atoms with Gasteiger partial charge in [-0.1, -0.05) is 0 Å².